The van der Waals surface area contributed by atoms with E-state index in [0.29, 0.717) is 6.54 Å². The average Bonchev–Trinajstić information content (AvgIpc) is 3.22. The van der Waals surface area contributed by atoms with Crippen LogP contribution in [0, 0.1) is 0 Å². The molecule has 0 spiro atoms. The van der Waals surface area contributed by atoms with Gasteiger partial charge in [0.25, 0.3) is 5.91 Å². The second kappa shape index (κ2) is 9.47. The molecular weight excluding hydrogens is 392 g/mol. The Morgan fingerprint density at radius 2 is 1.83 bits per heavy atom. The van der Waals surface area contributed by atoms with Gasteiger partial charge in [0.1, 0.15) is 5.82 Å². The van der Waals surface area contributed by atoms with Crippen molar-refractivity contribution < 1.29 is 4.79 Å². The maximum atomic E-state index is 13.5. The van der Waals surface area contributed by atoms with Crippen LogP contribution in [0.25, 0.3) is 11.1 Å². The summed E-state index contributed by atoms with van der Waals surface area (Å²) in [5.41, 5.74) is 2.83. The molecule has 0 bridgehead atoms. The van der Waals surface area contributed by atoms with Gasteiger partial charge in [-0.3, -0.25) is 4.79 Å². The van der Waals surface area contributed by atoms with E-state index in [9.17, 15) is 4.79 Å². The second-order valence-corrected chi connectivity index (χ2v) is 8.75. The van der Waals surface area contributed by atoms with Crippen molar-refractivity contribution in [3.8, 4) is 11.1 Å². The molecule has 0 radical (unpaired) electrons. The summed E-state index contributed by atoms with van der Waals surface area (Å²) in [5, 5.41) is 9.90. The van der Waals surface area contributed by atoms with E-state index in [0.717, 1.165) is 59.4 Å². The zero-order valence-corrected chi connectivity index (χ0v) is 18.4. The van der Waals surface area contributed by atoms with Crippen LogP contribution in [-0.2, 0) is 6.54 Å². The summed E-state index contributed by atoms with van der Waals surface area (Å²) in [7, 11) is 0. The van der Waals surface area contributed by atoms with Crippen LogP contribution in [0.15, 0.2) is 59.8 Å². The Balaban J connectivity index is 1.59. The number of thioether (sulfide) groups is 1. The number of rotatable bonds is 6. The molecule has 0 N–H and O–H groups in total. The Bertz CT molecular complexity index is 1000. The van der Waals surface area contributed by atoms with Gasteiger partial charge in [-0.05, 0) is 42.7 Å². The quantitative estimate of drug-likeness (QED) is 0.521. The fraction of sp³-hybridized carbons (Fsp3) is 0.375. The van der Waals surface area contributed by atoms with Crippen molar-refractivity contribution in [3.63, 3.8) is 0 Å². The van der Waals surface area contributed by atoms with Crippen LogP contribution in [0.4, 0.5) is 0 Å². The van der Waals surface area contributed by atoms with Gasteiger partial charge < -0.3 is 9.47 Å². The monoisotopic (exact) mass is 420 g/mol. The molecule has 0 saturated carbocycles. The number of likely N-dealkylation sites (tertiary alicyclic amines) is 1. The van der Waals surface area contributed by atoms with Gasteiger partial charge in [0.05, 0.1) is 0 Å². The molecule has 1 saturated heterocycles. The molecule has 0 aliphatic carbocycles. The van der Waals surface area contributed by atoms with E-state index in [1.54, 1.807) is 11.8 Å². The molecular formula is C24H28N4OS. The Morgan fingerprint density at radius 3 is 2.60 bits per heavy atom. The minimum atomic E-state index is 0.102. The molecule has 4 rings (SSSR count). The number of aromatic nitrogens is 3. The van der Waals surface area contributed by atoms with Gasteiger partial charge in [-0.15, -0.1) is 10.2 Å². The Kier molecular flexibility index (Phi) is 6.53. The highest BCUT2D eigenvalue weighted by Crippen LogP contribution is 2.31. The molecule has 1 aliphatic rings. The predicted octanol–water partition coefficient (Wildman–Crippen LogP) is 5.10. The first-order chi connectivity index (χ1) is 14.7. The molecule has 156 valence electrons. The van der Waals surface area contributed by atoms with E-state index < -0.39 is 0 Å². The summed E-state index contributed by atoms with van der Waals surface area (Å²) in [6, 6.07) is 18.1. The van der Waals surface area contributed by atoms with Gasteiger partial charge >= 0.3 is 0 Å². The highest BCUT2D eigenvalue weighted by atomic mass is 32.2. The molecule has 30 heavy (non-hydrogen) atoms. The normalized spacial score (nSPS) is 16.6. The number of hydrogen-bond acceptors (Lipinski definition) is 4. The summed E-state index contributed by atoms with van der Waals surface area (Å²) in [6.45, 7) is 6.59. The summed E-state index contributed by atoms with van der Waals surface area (Å²) in [6.07, 6.45) is 2.02. The fourth-order valence-electron chi connectivity index (χ4n) is 4.22. The molecule has 1 aliphatic heterocycles. The van der Waals surface area contributed by atoms with Crippen molar-refractivity contribution in [3.05, 3.63) is 66.0 Å². The average molecular weight is 421 g/mol. The van der Waals surface area contributed by atoms with E-state index in [1.165, 1.54) is 0 Å². The lowest BCUT2D eigenvalue weighted by Gasteiger charge is -2.33. The van der Waals surface area contributed by atoms with E-state index in [4.69, 9.17) is 0 Å². The second-order valence-electron chi connectivity index (χ2n) is 7.52. The Hall–Kier alpha value is -2.60. The minimum absolute atomic E-state index is 0.102. The first kappa shape index (κ1) is 20.7. The van der Waals surface area contributed by atoms with Crippen LogP contribution < -0.4 is 0 Å². The highest BCUT2D eigenvalue weighted by Gasteiger charge is 2.30. The van der Waals surface area contributed by atoms with Crippen molar-refractivity contribution in [1.82, 2.24) is 19.7 Å². The number of nitrogens with zero attached hydrogens (tertiary/aromatic N) is 4. The van der Waals surface area contributed by atoms with Crippen LogP contribution in [0.5, 0.6) is 0 Å². The third-order valence-corrected chi connectivity index (χ3v) is 6.50. The molecule has 2 aromatic carbocycles. The van der Waals surface area contributed by atoms with E-state index in [1.807, 2.05) is 47.4 Å². The van der Waals surface area contributed by atoms with Crippen molar-refractivity contribution in [2.24, 2.45) is 0 Å². The van der Waals surface area contributed by atoms with Gasteiger partial charge in [0.15, 0.2) is 5.16 Å². The van der Waals surface area contributed by atoms with Crippen molar-refractivity contribution in [1.29, 1.82) is 0 Å². The third-order valence-electron chi connectivity index (χ3n) is 5.65. The highest BCUT2D eigenvalue weighted by molar-refractivity contribution is 7.99. The van der Waals surface area contributed by atoms with E-state index in [2.05, 4.69) is 40.7 Å². The molecule has 3 aromatic rings. The molecule has 1 amide bonds. The first-order valence-electron chi connectivity index (χ1n) is 10.7. The summed E-state index contributed by atoms with van der Waals surface area (Å²) in [5.74, 6) is 2.32. The summed E-state index contributed by atoms with van der Waals surface area (Å²) >= 11 is 1.72. The molecule has 1 aromatic heterocycles. The van der Waals surface area contributed by atoms with Crippen molar-refractivity contribution in [2.75, 3.05) is 18.8 Å². The molecule has 1 atom stereocenters. The predicted molar refractivity (Wildman–Crippen MR) is 122 cm³/mol. The zero-order valence-electron chi connectivity index (χ0n) is 17.6. The third kappa shape index (κ3) is 4.15. The fourth-order valence-corrected chi connectivity index (χ4v) is 4.95. The smallest absolute Gasteiger partial charge is 0.254 e. The topological polar surface area (TPSA) is 51.0 Å². The van der Waals surface area contributed by atoms with Crippen LogP contribution in [-0.4, -0.2) is 44.4 Å². The SMILES string of the molecule is CCSc1nnc(C2CCCN(C(=O)c3ccccc3-c3ccccc3)C2)n1CC. The van der Waals surface area contributed by atoms with Gasteiger partial charge in [-0.25, -0.2) is 0 Å². The van der Waals surface area contributed by atoms with Gasteiger partial charge in [-0.2, -0.15) is 0 Å². The molecule has 1 unspecified atom stereocenters. The number of piperidine rings is 1. The van der Waals surface area contributed by atoms with Crippen LogP contribution >= 0.6 is 11.8 Å². The number of carbonyl (C=O) groups is 1. The van der Waals surface area contributed by atoms with Crippen molar-refractivity contribution in [2.45, 2.75) is 44.3 Å². The maximum Gasteiger partial charge on any atom is 0.254 e. The Labute approximate surface area is 182 Å². The lowest BCUT2D eigenvalue weighted by molar-refractivity contribution is 0.0704. The Morgan fingerprint density at radius 1 is 1.07 bits per heavy atom. The largest absolute Gasteiger partial charge is 0.338 e. The van der Waals surface area contributed by atoms with Gasteiger partial charge in [0, 0.05) is 31.1 Å². The summed E-state index contributed by atoms with van der Waals surface area (Å²) < 4.78 is 2.21. The molecule has 5 nitrogen and oxygen atoms in total. The number of amides is 1. The van der Waals surface area contributed by atoms with E-state index >= 15 is 0 Å². The van der Waals surface area contributed by atoms with E-state index in [-0.39, 0.29) is 11.8 Å². The van der Waals surface area contributed by atoms with Gasteiger partial charge in [-0.1, -0.05) is 67.2 Å². The zero-order chi connectivity index (χ0) is 20.9. The van der Waals surface area contributed by atoms with Crippen LogP contribution in [0.3, 0.4) is 0 Å². The number of hydrogen-bond donors (Lipinski definition) is 0. The maximum absolute atomic E-state index is 13.5. The molecule has 6 heteroatoms. The number of carbonyl (C=O) groups excluding carboxylic acids is 1. The standard InChI is InChI=1S/C24H28N4OS/c1-3-28-22(25-26-24(28)30-4-2)19-13-10-16-27(17-19)23(29)21-15-9-8-14-20(21)18-11-6-5-7-12-18/h5-9,11-12,14-15,19H,3-4,10,13,16-17H2,1-2H3. The minimum Gasteiger partial charge on any atom is -0.338 e. The first-order valence-corrected chi connectivity index (χ1v) is 11.7. The molecule has 2 heterocycles. The van der Waals surface area contributed by atoms with Crippen molar-refractivity contribution >= 4 is 17.7 Å². The molecule has 1 fully saturated rings. The lowest BCUT2D eigenvalue weighted by atomic mass is 9.94. The lowest BCUT2D eigenvalue weighted by Crippen LogP contribution is -2.40. The summed E-state index contributed by atoms with van der Waals surface area (Å²) in [4.78, 5) is 15.5. The van der Waals surface area contributed by atoms with Crippen LogP contribution in [0.2, 0.25) is 0 Å². The number of benzene rings is 2. The van der Waals surface area contributed by atoms with Gasteiger partial charge in [0.2, 0.25) is 0 Å². The van der Waals surface area contributed by atoms with Crippen LogP contribution in [0.1, 0.15) is 48.8 Å².